The van der Waals surface area contributed by atoms with Gasteiger partial charge in [0.2, 0.25) is 10.0 Å². The highest BCUT2D eigenvalue weighted by molar-refractivity contribution is 7.90. The van der Waals surface area contributed by atoms with E-state index in [2.05, 4.69) is 55.1 Å². The summed E-state index contributed by atoms with van der Waals surface area (Å²) in [5, 5.41) is 3.54. The lowest BCUT2D eigenvalue weighted by molar-refractivity contribution is 0.322. The van der Waals surface area contributed by atoms with Gasteiger partial charge in [-0.05, 0) is 75.5 Å². The van der Waals surface area contributed by atoms with Crippen molar-refractivity contribution in [2.24, 2.45) is 5.92 Å². The number of hydrogen-bond acceptors (Lipinski definition) is 3. The third kappa shape index (κ3) is 5.71. The van der Waals surface area contributed by atoms with Gasteiger partial charge in [-0.25, -0.2) is 13.1 Å². The normalized spacial score (nSPS) is 22.2. The molecule has 0 spiro atoms. The van der Waals surface area contributed by atoms with Crippen molar-refractivity contribution in [3.63, 3.8) is 0 Å². The zero-order valence-electron chi connectivity index (χ0n) is 17.2. The Morgan fingerprint density at radius 1 is 0.923 bits per heavy atom. The molecule has 0 amide bonds. The van der Waals surface area contributed by atoms with Crippen LogP contribution < -0.4 is 10.0 Å². The quantitative estimate of drug-likeness (QED) is 0.780. The molecule has 1 aromatic carbocycles. The van der Waals surface area contributed by atoms with Crippen LogP contribution in [0.3, 0.4) is 0 Å². The van der Waals surface area contributed by atoms with E-state index in [0.29, 0.717) is 5.92 Å². The molecule has 1 fully saturated rings. The molecule has 2 rings (SSSR count). The maximum absolute atomic E-state index is 12.3. The molecule has 0 bridgehead atoms. The van der Waals surface area contributed by atoms with Crippen molar-refractivity contribution in [3.05, 3.63) is 29.8 Å². The Bertz CT molecular complexity index is 674. The van der Waals surface area contributed by atoms with E-state index in [9.17, 15) is 8.42 Å². The van der Waals surface area contributed by atoms with Crippen molar-refractivity contribution in [3.8, 4) is 0 Å². The van der Waals surface area contributed by atoms with Crippen LogP contribution in [0.1, 0.15) is 72.8 Å². The van der Waals surface area contributed by atoms with Crippen LogP contribution in [0.2, 0.25) is 0 Å². The third-order valence-corrected chi connectivity index (χ3v) is 7.58. The van der Waals surface area contributed by atoms with Gasteiger partial charge in [-0.3, -0.25) is 0 Å². The fourth-order valence-corrected chi connectivity index (χ4v) is 4.26. The predicted molar refractivity (Wildman–Crippen MR) is 111 cm³/mol. The summed E-state index contributed by atoms with van der Waals surface area (Å²) in [5.74, 6) is 0.604. The predicted octanol–water partition coefficient (Wildman–Crippen LogP) is 4.67. The molecule has 0 aliphatic heterocycles. The van der Waals surface area contributed by atoms with E-state index in [1.807, 2.05) is 0 Å². The minimum Gasteiger partial charge on any atom is -0.385 e. The molecule has 148 valence electrons. The van der Waals surface area contributed by atoms with Gasteiger partial charge in [0.25, 0.3) is 0 Å². The second-order valence-electron chi connectivity index (χ2n) is 9.66. The van der Waals surface area contributed by atoms with Crippen LogP contribution in [-0.4, -0.2) is 25.8 Å². The first-order chi connectivity index (χ1) is 11.9. The van der Waals surface area contributed by atoms with E-state index in [1.54, 1.807) is 20.8 Å². The monoisotopic (exact) mass is 380 g/mol. The molecular formula is C21H36N2O2S. The van der Waals surface area contributed by atoms with Crippen molar-refractivity contribution < 1.29 is 8.42 Å². The number of nitrogens with one attached hydrogen (secondary N) is 2. The van der Waals surface area contributed by atoms with Gasteiger partial charge in [-0.15, -0.1) is 0 Å². The molecule has 1 saturated carbocycles. The highest BCUT2D eigenvalue weighted by atomic mass is 32.2. The molecule has 1 aromatic rings. The number of benzene rings is 1. The Kier molecular flexibility index (Phi) is 6.44. The van der Waals surface area contributed by atoms with Crippen molar-refractivity contribution in [2.75, 3.05) is 11.9 Å². The SMILES string of the molecule is CC(C)(C)c1ccc(NC[C@H]2CC[C@H](NS(=O)(=O)C(C)(C)C)CC2)cc1. The Balaban J connectivity index is 1.79. The molecule has 2 N–H and O–H groups in total. The van der Waals surface area contributed by atoms with Gasteiger partial charge < -0.3 is 5.32 Å². The van der Waals surface area contributed by atoms with Gasteiger partial charge in [0.15, 0.2) is 0 Å². The summed E-state index contributed by atoms with van der Waals surface area (Å²) in [6.45, 7) is 12.9. The summed E-state index contributed by atoms with van der Waals surface area (Å²) < 4.78 is 26.7. The number of hydrogen-bond donors (Lipinski definition) is 2. The van der Waals surface area contributed by atoms with Crippen LogP contribution in [0.5, 0.6) is 0 Å². The first kappa shape index (κ1) is 21.2. The van der Waals surface area contributed by atoms with E-state index >= 15 is 0 Å². The standard InChI is InChI=1S/C21H36N2O2S/c1-20(2,3)17-9-13-18(14-10-17)22-15-16-7-11-19(12-8-16)23-26(24,25)21(4,5)6/h9-10,13-14,16,19,22-23H,7-8,11-12,15H2,1-6H3/t16-,19-. The minimum absolute atomic E-state index is 0.0848. The van der Waals surface area contributed by atoms with Crippen LogP contribution in [0.25, 0.3) is 0 Å². The lowest BCUT2D eigenvalue weighted by Crippen LogP contribution is -2.46. The van der Waals surface area contributed by atoms with E-state index in [4.69, 9.17) is 0 Å². The van der Waals surface area contributed by atoms with Gasteiger partial charge in [-0.2, -0.15) is 0 Å². The lowest BCUT2D eigenvalue weighted by atomic mass is 9.86. The van der Waals surface area contributed by atoms with Gasteiger partial charge >= 0.3 is 0 Å². The molecule has 0 radical (unpaired) electrons. The average Bonchev–Trinajstić information content (AvgIpc) is 2.52. The summed E-state index contributed by atoms with van der Waals surface area (Å²) in [4.78, 5) is 0. The zero-order valence-corrected chi connectivity index (χ0v) is 18.0. The lowest BCUT2D eigenvalue weighted by Gasteiger charge is -2.31. The molecule has 0 aromatic heterocycles. The molecule has 0 atom stereocenters. The van der Waals surface area contributed by atoms with Crippen molar-refractivity contribution in [2.45, 2.75) is 83.4 Å². The molecule has 0 heterocycles. The zero-order chi connectivity index (χ0) is 19.6. The Labute approximate surface area is 160 Å². The molecule has 0 saturated heterocycles. The molecule has 4 nitrogen and oxygen atoms in total. The molecular weight excluding hydrogens is 344 g/mol. The van der Waals surface area contributed by atoms with Gasteiger partial charge in [0.1, 0.15) is 0 Å². The Morgan fingerprint density at radius 3 is 1.92 bits per heavy atom. The van der Waals surface area contributed by atoms with Crippen molar-refractivity contribution in [1.29, 1.82) is 0 Å². The van der Waals surface area contributed by atoms with E-state index < -0.39 is 14.8 Å². The first-order valence-corrected chi connectivity index (χ1v) is 11.2. The fourth-order valence-electron chi connectivity index (χ4n) is 3.23. The molecule has 1 aliphatic carbocycles. The van der Waals surface area contributed by atoms with E-state index in [-0.39, 0.29) is 11.5 Å². The summed E-state index contributed by atoms with van der Waals surface area (Å²) >= 11 is 0. The fraction of sp³-hybridized carbons (Fsp3) is 0.714. The summed E-state index contributed by atoms with van der Waals surface area (Å²) in [7, 11) is -3.25. The smallest absolute Gasteiger partial charge is 0.216 e. The van der Waals surface area contributed by atoms with E-state index in [1.165, 1.54) is 5.56 Å². The second kappa shape index (κ2) is 7.89. The third-order valence-electron chi connectivity index (χ3n) is 5.32. The first-order valence-electron chi connectivity index (χ1n) is 9.75. The maximum atomic E-state index is 12.3. The summed E-state index contributed by atoms with van der Waals surface area (Å²) in [5.41, 5.74) is 2.68. The summed E-state index contributed by atoms with van der Waals surface area (Å²) in [6.07, 6.45) is 3.96. The molecule has 0 unspecified atom stereocenters. The topological polar surface area (TPSA) is 58.2 Å². The number of rotatable bonds is 5. The number of anilines is 1. The van der Waals surface area contributed by atoms with Crippen LogP contribution >= 0.6 is 0 Å². The largest absolute Gasteiger partial charge is 0.385 e. The van der Waals surface area contributed by atoms with Crippen LogP contribution in [0, 0.1) is 5.92 Å². The average molecular weight is 381 g/mol. The van der Waals surface area contributed by atoms with Gasteiger partial charge in [0, 0.05) is 18.3 Å². The second-order valence-corrected chi connectivity index (χ2v) is 12.1. The highest BCUT2D eigenvalue weighted by Gasteiger charge is 2.32. The van der Waals surface area contributed by atoms with Crippen molar-refractivity contribution in [1.82, 2.24) is 4.72 Å². The maximum Gasteiger partial charge on any atom is 0.216 e. The van der Waals surface area contributed by atoms with Crippen LogP contribution in [0.4, 0.5) is 5.69 Å². The molecule has 1 aliphatic rings. The van der Waals surface area contributed by atoms with Crippen LogP contribution in [0.15, 0.2) is 24.3 Å². The van der Waals surface area contributed by atoms with Crippen molar-refractivity contribution >= 4 is 15.7 Å². The van der Waals surface area contributed by atoms with Gasteiger partial charge in [-0.1, -0.05) is 32.9 Å². The summed E-state index contributed by atoms with van der Waals surface area (Å²) in [6, 6.07) is 8.79. The minimum atomic E-state index is -3.25. The molecule has 26 heavy (non-hydrogen) atoms. The van der Waals surface area contributed by atoms with Crippen LogP contribution in [-0.2, 0) is 15.4 Å². The highest BCUT2D eigenvalue weighted by Crippen LogP contribution is 2.27. The Morgan fingerprint density at radius 2 is 1.46 bits per heavy atom. The van der Waals surface area contributed by atoms with Gasteiger partial charge in [0.05, 0.1) is 4.75 Å². The molecule has 5 heteroatoms. The van der Waals surface area contributed by atoms with E-state index in [0.717, 1.165) is 37.9 Å². The number of sulfonamides is 1. The Hall–Kier alpha value is -1.07.